The van der Waals surface area contributed by atoms with Gasteiger partial charge in [0.2, 0.25) is 20.1 Å². The summed E-state index contributed by atoms with van der Waals surface area (Å²) in [6.45, 7) is 0. The molecule has 0 radical (unpaired) electrons. The Bertz CT molecular complexity index is 1090. The van der Waals surface area contributed by atoms with Crippen molar-refractivity contribution in [2.75, 3.05) is 0 Å². The van der Waals surface area contributed by atoms with Gasteiger partial charge in [-0.15, -0.1) is 0 Å². The van der Waals surface area contributed by atoms with Gasteiger partial charge in [0.1, 0.15) is 4.86 Å². The number of rotatable bonds is 1. The van der Waals surface area contributed by atoms with Gasteiger partial charge in [-0.2, -0.15) is 8.42 Å². The van der Waals surface area contributed by atoms with Crippen LogP contribution >= 0.6 is 0 Å². The van der Waals surface area contributed by atoms with E-state index in [0.29, 0.717) is 0 Å². The summed E-state index contributed by atoms with van der Waals surface area (Å²) in [4.78, 5) is 2.32. The smallest absolute Gasteiger partial charge is 0.219 e. The molecule has 0 N–H and O–H groups in total. The molecule has 3 rings (SSSR count). The molecule has 4 bridgehead atoms. The second kappa shape index (κ2) is 4.99. The van der Waals surface area contributed by atoms with Crippen LogP contribution in [0, 0.1) is 0 Å². The Balaban J connectivity index is 2.56. The van der Waals surface area contributed by atoms with Crippen LogP contribution in [0.25, 0.3) is 10.4 Å². The molecule has 0 fully saturated rings. The van der Waals surface area contributed by atoms with Crippen molar-refractivity contribution in [1.82, 2.24) is 0 Å². The number of azide groups is 1. The number of benzene rings is 2. The summed E-state index contributed by atoms with van der Waals surface area (Å²) in [5.41, 5.74) is 9.00. The topological polar surface area (TPSA) is 117 Å². The molecule has 1 aliphatic heterocycles. The van der Waals surface area contributed by atoms with E-state index >= 15 is 0 Å². The van der Waals surface area contributed by atoms with Crippen molar-refractivity contribution in [1.29, 1.82) is 0 Å². The summed E-state index contributed by atoms with van der Waals surface area (Å²) in [6.07, 6.45) is 0. The fourth-order valence-corrected chi connectivity index (χ4v) is 4.39. The van der Waals surface area contributed by atoms with Crippen LogP contribution in [0.3, 0.4) is 0 Å². The van der Waals surface area contributed by atoms with Gasteiger partial charge in [-0.25, -0.2) is 8.42 Å². The van der Waals surface area contributed by atoms with E-state index in [1.165, 1.54) is 42.5 Å². The summed E-state index contributed by atoms with van der Waals surface area (Å²) in [5.74, 6) is 0. The van der Waals surface area contributed by atoms with Crippen LogP contribution in [0.4, 0.5) is 5.69 Å². The number of nitrogens with zero attached hydrogens (tertiary/aromatic N) is 3. The molecule has 2 aromatic carbocycles. The second-order valence-electron chi connectivity index (χ2n) is 4.47. The molecule has 0 aliphatic carbocycles. The van der Waals surface area contributed by atoms with Crippen molar-refractivity contribution in [2.24, 2.45) is 5.11 Å². The minimum absolute atomic E-state index is 0.00881. The van der Waals surface area contributed by atoms with Crippen LogP contribution in [-0.4, -0.2) is 21.7 Å². The van der Waals surface area contributed by atoms with E-state index in [-0.39, 0.29) is 31.5 Å². The van der Waals surface area contributed by atoms with E-state index in [9.17, 15) is 16.8 Å². The molecular weight excluding hydrogens is 326 g/mol. The lowest BCUT2D eigenvalue weighted by atomic mass is 10.0. The molecule has 0 atom stereocenters. The molecule has 9 heteroatoms. The van der Waals surface area contributed by atoms with Crippen LogP contribution in [-0.2, 0) is 20.1 Å². The Morgan fingerprint density at radius 3 is 2.45 bits per heavy atom. The summed E-state index contributed by atoms with van der Waals surface area (Å²) in [7, 11) is -6.45. The Morgan fingerprint density at radius 1 is 1.05 bits per heavy atom. The molecule has 1 aliphatic rings. The van der Waals surface area contributed by atoms with Gasteiger partial charge in [0, 0.05) is 4.91 Å². The Morgan fingerprint density at radius 2 is 1.77 bits per heavy atom. The first kappa shape index (κ1) is 14.3. The molecule has 0 saturated heterocycles. The first-order valence-corrected chi connectivity index (χ1v) is 8.52. The van der Waals surface area contributed by atoms with E-state index in [1.807, 2.05) is 0 Å². The number of hydrogen-bond donors (Lipinski definition) is 0. The lowest BCUT2D eigenvalue weighted by Gasteiger charge is -2.15. The molecule has 0 amide bonds. The maximum absolute atomic E-state index is 12.6. The second-order valence-corrected chi connectivity index (χ2v) is 7.26. The lowest BCUT2D eigenvalue weighted by Crippen LogP contribution is -2.12. The standard InChI is InChI=1S/C13H7N3O4S2/c14-16-15-11-5-4-9-7-12(11)22(19,20)10-3-1-2-8(6-10)13(9)21(17)18/h1-7H. The molecule has 7 nitrogen and oxygen atoms in total. The van der Waals surface area contributed by atoms with E-state index in [0.717, 1.165) is 0 Å². The highest BCUT2D eigenvalue weighted by Crippen LogP contribution is 2.34. The molecule has 0 unspecified atom stereocenters. The van der Waals surface area contributed by atoms with Gasteiger partial charge >= 0.3 is 0 Å². The van der Waals surface area contributed by atoms with E-state index in [2.05, 4.69) is 10.0 Å². The van der Waals surface area contributed by atoms with Gasteiger partial charge in [0.15, 0.2) is 0 Å². The third-order valence-corrected chi connectivity index (χ3v) is 5.82. The molecule has 1 heterocycles. The quantitative estimate of drug-likeness (QED) is 0.294. The highest BCUT2D eigenvalue weighted by molar-refractivity contribution is 7.91. The minimum atomic E-state index is -3.90. The first-order valence-electron chi connectivity index (χ1n) is 5.96. The van der Waals surface area contributed by atoms with Crippen LogP contribution < -0.4 is 0 Å². The minimum Gasteiger partial charge on any atom is -0.219 e. The third-order valence-electron chi connectivity index (χ3n) is 3.24. The normalized spacial score (nSPS) is 14.5. The maximum atomic E-state index is 12.6. The van der Waals surface area contributed by atoms with Crippen molar-refractivity contribution >= 4 is 30.7 Å². The molecule has 0 spiro atoms. The molecule has 0 aromatic heterocycles. The van der Waals surface area contributed by atoms with Crippen molar-refractivity contribution in [2.45, 2.75) is 9.79 Å². The summed E-state index contributed by atoms with van der Waals surface area (Å²) in [6, 6.07) is 9.56. The summed E-state index contributed by atoms with van der Waals surface area (Å²) >= 11 is 0. The fraction of sp³-hybridized carbons (Fsp3) is 0. The van der Waals surface area contributed by atoms with Gasteiger partial charge in [-0.1, -0.05) is 29.4 Å². The maximum Gasteiger partial charge on any atom is 0.222 e. The molecule has 2 aromatic rings. The highest BCUT2D eigenvalue weighted by Gasteiger charge is 2.26. The van der Waals surface area contributed by atoms with Crippen molar-refractivity contribution < 1.29 is 16.8 Å². The van der Waals surface area contributed by atoms with Crippen LogP contribution in [0.15, 0.2) is 57.4 Å². The van der Waals surface area contributed by atoms with Crippen molar-refractivity contribution in [3.63, 3.8) is 0 Å². The number of hydrogen-bond acceptors (Lipinski definition) is 5. The Labute approximate surface area is 126 Å². The Kier molecular flexibility index (Phi) is 3.25. The molecule has 110 valence electrons. The molecule has 0 saturated carbocycles. The molecule has 22 heavy (non-hydrogen) atoms. The predicted octanol–water partition coefficient (Wildman–Crippen LogP) is 2.22. The average Bonchev–Trinajstić information content (AvgIpc) is 2.48. The van der Waals surface area contributed by atoms with Crippen molar-refractivity contribution in [3.8, 4) is 0 Å². The average molecular weight is 333 g/mol. The van der Waals surface area contributed by atoms with E-state index < -0.39 is 20.1 Å². The number of fused-ring (bicyclic) bond motifs is 4. The van der Waals surface area contributed by atoms with E-state index in [1.54, 1.807) is 0 Å². The van der Waals surface area contributed by atoms with Gasteiger partial charge in [0.05, 0.1) is 15.5 Å². The zero-order valence-corrected chi connectivity index (χ0v) is 12.5. The van der Waals surface area contributed by atoms with Crippen molar-refractivity contribution in [3.05, 3.63) is 64.0 Å². The third kappa shape index (κ3) is 2.08. The Hall–Kier alpha value is -2.61. The van der Waals surface area contributed by atoms with Gasteiger partial charge < -0.3 is 0 Å². The summed E-state index contributed by atoms with van der Waals surface area (Å²) in [5, 5.41) is 3.37. The zero-order chi connectivity index (χ0) is 15.9. The zero-order valence-electron chi connectivity index (χ0n) is 10.8. The highest BCUT2D eigenvalue weighted by atomic mass is 32.2. The largest absolute Gasteiger partial charge is 0.222 e. The monoisotopic (exact) mass is 333 g/mol. The van der Waals surface area contributed by atoms with E-state index in [4.69, 9.17) is 5.53 Å². The lowest BCUT2D eigenvalue weighted by molar-refractivity contribution is 0.596. The van der Waals surface area contributed by atoms with Crippen LogP contribution in [0.5, 0.6) is 0 Å². The predicted molar refractivity (Wildman–Crippen MR) is 79.3 cm³/mol. The van der Waals surface area contributed by atoms with Gasteiger partial charge in [-0.05, 0) is 34.9 Å². The van der Waals surface area contributed by atoms with Crippen LogP contribution in [0.2, 0.25) is 0 Å². The first-order chi connectivity index (χ1) is 10.4. The summed E-state index contributed by atoms with van der Waals surface area (Å²) < 4.78 is 48.3. The fourth-order valence-electron chi connectivity index (χ4n) is 2.29. The SMILES string of the molecule is [N-]=[N+]=Nc1ccc2cc1S(=O)(=O)c1cccc(c1)C2=S(=O)=O. The molecular formula is C13H7N3O4S2. The van der Waals surface area contributed by atoms with Crippen LogP contribution in [0.1, 0.15) is 11.1 Å². The number of sulfone groups is 1. The van der Waals surface area contributed by atoms with Gasteiger partial charge in [-0.3, -0.25) is 0 Å². The van der Waals surface area contributed by atoms with Gasteiger partial charge in [0.25, 0.3) is 0 Å².